The Morgan fingerprint density at radius 2 is 1.27 bits per heavy atom. The first-order valence-electron chi connectivity index (χ1n) is 9.84. The van der Waals surface area contributed by atoms with Crippen LogP contribution in [0.2, 0.25) is 0 Å². The first kappa shape index (κ1) is 24.6. The maximum absolute atomic E-state index is 11.5. The molecule has 0 aliphatic heterocycles. The second kappa shape index (κ2) is 14.8. The molecule has 0 aromatic rings. The molecule has 0 N–H and O–H groups in total. The van der Waals surface area contributed by atoms with Crippen LogP contribution in [-0.4, -0.2) is 37.4 Å². The number of carbonyl (C=O) groups excluding carboxylic acids is 2. The van der Waals surface area contributed by atoms with Crippen molar-refractivity contribution in [1.29, 1.82) is 0 Å². The fourth-order valence-corrected chi connectivity index (χ4v) is 2.30. The van der Waals surface area contributed by atoms with Gasteiger partial charge in [0.1, 0.15) is 13.2 Å². The average Bonchev–Trinajstić information content (AvgIpc) is 2.55. The van der Waals surface area contributed by atoms with E-state index in [-0.39, 0.29) is 24.8 Å². The van der Waals surface area contributed by atoms with E-state index in [1.165, 1.54) is 25.7 Å². The van der Waals surface area contributed by atoms with E-state index in [2.05, 4.69) is 27.4 Å². The number of esters is 2. The molecule has 0 saturated heterocycles. The molecule has 0 aromatic heterocycles. The normalized spacial score (nSPS) is 11.2. The first-order chi connectivity index (χ1) is 12.2. The molecule has 0 spiro atoms. The van der Waals surface area contributed by atoms with Crippen molar-refractivity contribution in [2.75, 3.05) is 19.8 Å². The van der Waals surface area contributed by atoms with Gasteiger partial charge in [0.2, 0.25) is 0 Å². The maximum Gasteiger partial charge on any atom is 0.333 e. The van der Waals surface area contributed by atoms with Crippen molar-refractivity contribution in [2.45, 2.75) is 91.1 Å². The SMILES string of the molecule is C=C(C)C(=O)OCCOC(=O)CCCCCCCCCCOC(C)(C)C. The lowest BCUT2D eigenvalue weighted by molar-refractivity contribution is -0.150. The van der Waals surface area contributed by atoms with E-state index in [1.807, 2.05) is 0 Å². The maximum atomic E-state index is 11.5. The van der Waals surface area contributed by atoms with E-state index in [0.717, 1.165) is 32.3 Å². The zero-order valence-electron chi connectivity index (χ0n) is 17.2. The van der Waals surface area contributed by atoms with Gasteiger partial charge in [-0.15, -0.1) is 0 Å². The minimum absolute atomic E-state index is 0.0315. The summed E-state index contributed by atoms with van der Waals surface area (Å²) < 4.78 is 15.6. The highest BCUT2D eigenvalue weighted by Crippen LogP contribution is 2.12. The Morgan fingerprint density at radius 3 is 1.81 bits per heavy atom. The second-order valence-corrected chi connectivity index (χ2v) is 7.68. The van der Waals surface area contributed by atoms with E-state index in [0.29, 0.717) is 12.0 Å². The lowest BCUT2D eigenvalue weighted by Gasteiger charge is -2.19. The van der Waals surface area contributed by atoms with Crippen LogP contribution in [0.3, 0.4) is 0 Å². The second-order valence-electron chi connectivity index (χ2n) is 7.68. The number of unbranched alkanes of at least 4 members (excludes halogenated alkanes) is 7. The van der Waals surface area contributed by atoms with Gasteiger partial charge in [0.05, 0.1) is 5.60 Å². The predicted molar refractivity (Wildman–Crippen MR) is 104 cm³/mol. The summed E-state index contributed by atoms with van der Waals surface area (Å²) in [5.41, 5.74) is 0.311. The van der Waals surface area contributed by atoms with E-state index in [9.17, 15) is 9.59 Å². The van der Waals surface area contributed by atoms with Gasteiger partial charge in [0.15, 0.2) is 0 Å². The van der Waals surface area contributed by atoms with Gasteiger partial charge in [-0.05, 0) is 40.5 Å². The van der Waals surface area contributed by atoms with Crippen LogP contribution < -0.4 is 0 Å². The van der Waals surface area contributed by atoms with Crippen molar-refractivity contribution in [2.24, 2.45) is 0 Å². The minimum Gasteiger partial charge on any atom is -0.462 e. The third-order valence-corrected chi connectivity index (χ3v) is 3.74. The Bertz CT molecular complexity index is 409. The summed E-state index contributed by atoms with van der Waals surface area (Å²) >= 11 is 0. The highest BCUT2D eigenvalue weighted by molar-refractivity contribution is 5.86. The Hall–Kier alpha value is -1.36. The van der Waals surface area contributed by atoms with E-state index >= 15 is 0 Å². The monoisotopic (exact) mass is 370 g/mol. The molecule has 0 amide bonds. The van der Waals surface area contributed by atoms with Crippen LogP contribution in [0.25, 0.3) is 0 Å². The van der Waals surface area contributed by atoms with Gasteiger partial charge in [0, 0.05) is 18.6 Å². The summed E-state index contributed by atoms with van der Waals surface area (Å²) in [7, 11) is 0. The Labute approximate surface area is 159 Å². The van der Waals surface area contributed by atoms with Gasteiger partial charge >= 0.3 is 11.9 Å². The Balaban J connectivity index is 3.30. The molecule has 0 unspecified atom stereocenters. The molecule has 0 fully saturated rings. The van der Waals surface area contributed by atoms with Gasteiger partial charge in [-0.3, -0.25) is 4.79 Å². The summed E-state index contributed by atoms with van der Waals surface area (Å²) in [6, 6.07) is 0. The lowest BCUT2D eigenvalue weighted by Crippen LogP contribution is -2.19. The van der Waals surface area contributed by atoms with Crippen LogP contribution in [0.15, 0.2) is 12.2 Å². The van der Waals surface area contributed by atoms with Gasteiger partial charge < -0.3 is 14.2 Å². The fourth-order valence-electron chi connectivity index (χ4n) is 2.30. The fraction of sp³-hybridized carbons (Fsp3) is 0.810. The van der Waals surface area contributed by atoms with Gasteiger partial charge in [-0.25, -0.2) is 4.79 Å². The van der Waals surface area contributed by atoms with Crippen molar-refractivity contribution in [3.8, 4) is 0 Å². The molecule has 0 aromatic carbocycles. The van der Waals surface area contributed by atoms with Gasteiger partial charge in [-0.2, -0.15) is 0 Å². The minimum atomic E-state index is -0.456. The lowest BCUT2D eigenvalue weighted by atomic mass is 10.1. The van der Waals surface area contributed by atoms with Crippen LogP contribution in [0, 0.1) is 0 Å². The number of hydrogen-bond acceptors (Lipinski definition) is 5. The Morgan fingerprint density at radius 1 is 0.769 bits per heavy atom. The third-order valence-electron chi connectivity index (χ3n) is 3.74. The van der Waals surface area contributed by atoms with Crippen LogP contribution in [0.5, 0.6) is 0 Å². The molecule has 0 aliphatic carbocycles. The molecule has 26 heavy (non-hydrogen) atoms. The topological polar surface area (TPSA) is 61.8 Å². The molecular formula is C21H38O5. The zero-order valence-corrected chi connectivity index (χ0v) is 17.2. The van der Waals surface area contributed by atoms with E-state index < -0.39 is 5.97 Å². The van der Waals surface area contributed by atoms with Crippen molar-refractivity contribution in [3.05, 3.63) is 12.2 Å². The summed E-state index contributed by atoms with van der Waals surface area (Å²) in [6.45, 7) is 12.3. The quantitative estimate of drug-likeness (QED) is 0.231. The third kappa shape index (κ3) is 17.5. The van der Waals surface area contributed by atoms with Crippen LogP contribution in [0.1, 0.15) is 85.5 Å². The smallest absolute Gasteiger partial charge is 0.333 e. The highest BCUT2D eigenvalue weighted by Gasteiger charge is 2.08. The molecule has 5 heteroatoms. The number of ether oxygens (including phenoxy) is 3. The molecule has 0 rings (SSSR count). The summed E-state index contributed by atoms with van der Waals surface area (Å²) in [4.78, 5) is 22.7. The predicted octanol–water partition coefficient (Wildman–Crippen LogP) is 4.97. The van der Waals surface area contributed by atoms with Crippen molar-refractivity contribution in [1.82, 2.24) is 0 Å². The molecule has 0 heterocycles. The standard InChI is InChI=1S/C21H38O5/c1-18(2)20(23)25-17-16-24-19(22)14-12-10-8-6-7-9-11-13-15-26-21(3,4)5/h1,6-17H2,2-5H3. The summed E-state index contributed by atoms with van der Waals surface area (Å²) in [5.74, 6) is -0.682. The van der Waals surface area contributed by atoms with Crippen LogP contribution in [-0.2, 0) is 23.8 Å². The Kier molecular flexibility index (Phi) is 14.0. The zero-order chi connectivity index (χ0) is 19.8. The summed E-state index contributed by atoms with van der Waals surface area (Å²) in [5, 5.41) is 0. The highest BCUT2D eigenvalue weighted by atomic mass is 16.6. The molecular weight excluding hydrogens is 332 g/mol. The number of carbonyl (C=O) groups is 2. The van der Waals surface area contributed by atoms with Crippen molar-refractivity contribution >= 4 is 11.9 Å². The molecule has 0 radical (unpaired) electrons. The molecule has 0 bridgehead atoms. The number of hydrogen-bond donors (Lipinski definition) is 0. The van der Waals surface area contributed by atoms with Crippen molar-refractivity contribution in [3.63, 3.8) is 0 Å². The van der Waals surface area contributed by atoms with Gasteiger partial charge in [0.25, 0.3) is 0 Å². The average molecular weight is 371 g/mol. The number of rotatable bonds is 15. The van der Waals surface area contributed by atoms with Crippen molar-refractivity contribution < 1.29 is 23.8 Å². The molecule has 0 aliphatic rings. The first-order valence-corrected chi connectivity index (χ1v) is 9.84. The van der Waals surface area contributed by atoms with E-state index in [4.69, 9.17) is 14.2 Å². The van der Waals surface area contributed by atoms with Crippen LogP contribution >= 0.6 is 0 Å². The van der Waals surface area contributed by atoms with Crippen LogP contribution in [0.4, 0.5) is 0 Å². The summed E-state index contributed by atoms with van der Waals surface area (Å²) in [6.07, 6.45) is 9.54. The largest absolute Gasteiger partial charge is 0.462 e. The van der Waals surface area contributed by atoms with Gasteiger partial charge in [-0.1, -0.05) is 45.1 Å². The molecule has 5 nitrogen and oxygen atoms in total. The van der Waals surface area contributed by atoms with E-state index in [1.54, 1.807) is 6.92 Å². The molecule has 0 saturated carbocycles. The molecule has 0 atom stereocenters. The molecule has 152 valence electrons.